The number of hydrogen-bond donors (Lipinski definition) is 6. The fourth-order valence-corrected chi connectivity index (χ4v) is 12.9. The van der Waals surface area contributed by atoms with Gasteiger partial charge < -0.3 is 34.9 Å². The molecule has 2 fully saturated rings. The van der Waals surface area contributed by atoms with E-state index in [1.807, 2.05) is 32.5 Å². The van der Waals surface area contributed by atoms with Gasteiger partial charge in [-0.05, 0) is 70.5 Å². The number of amides is 2. The molecule has 0 bridgehead atoms. The second-order valence-corrected chi connectivity index (χ2v) is 21.3. The average Bonchev–Trinajstić information content (AvgIpc) is 3.46. The van der Waals surface area contributed by atoms with Crippen molar-refractivity contribution in [3.63, 3.8) is 0 Å². The average molecular weight is 789 g/mol. The van der Waals surface area contributed by atoms with Gasteiger partial charge in [0.05, 0.1) is 18.8 Å². The molecule has 15 nitrogen and oxygen atoms in total. The fraction of sp³-hybridized carbons (Fsp3) is 0.923. The minimum Gasteiger partial charge on any atom is -0.373 e. The quantitative estimate of drug-likeness (QED) is 0.0459. The van der Waals surface area contributed by atoms with Gasteiger partial charge in [0.15, 0.2) is 0 Å². The summed E-state index contributed by atoms with van der Waals surface area (Å²) in [6.07, 6.45) is 5.92. The molecule has 2 aliphatic heterocycles. The van der Waals surface area contributed by atoms with Gasteiger partial charge in [0, 0.05) is 41.7 Å². The molecule has 0 aromatic carbocycles. The molecule has 0 saturated carbocycles. The Morgan fingerprint density at radius 1 is 1.02 bits per heavy atom. The highest BCUT2D eigenvalue weighted by Gasteiger charge is 2.42. The molecule has 0 aromatic heterocycles. The van der Waals surface area contributed by atoms with Gasteiger partial charge in [0.1, 0.15) is 0 Å². The molecule has 6 N–H and O–H groups in total. The number of thioether (sulfide) groups is 1. The molecule has 6 unspecified atom stereocenters. The third-order valence-electron chi connectivity index (χ3n) is 7.56. The highest BCUT2D eigenvalue weighted by Crippen LogP contribution is 2.66. The Hall–Kier alpha value is 0.360. The zero-order valence-electron chi connectivity index (χ0n) is 27.5. The van der Waals surface area contributed by atoms with Gasteiger partial charge in [0.2, 0.25) is 11.8 Å². The maximum atomic E-state index is 12.5. The van der Waals surface area contributed by atoms with Crippen molar-refractivity contribution in [1.29, 1.82) is 0 Å². The molecule has 2 amide bonds. The van der Waals surface area contributed by atoms with Crippen LogP contribution in [-0.2, 0) is 41.2 Å². The summed E-state index contributed by atoms with van der Waals surface area (Å²) in [6.45, 7) is 9.71. The lowest BCUT2D eigenvalue weighted by atomic mass is 9.92. The summed E-state index contributed by atoms with van der Waals surface area (Å²) in [5.74, 6) is 2.27. The minimum atomic E-state index is -5.58. The van der Waals surface area contributed by atoms with E-state index in [4.69, 9.17) is 19.0 Å². The lowest BCUT2D eigenvalue weighted by Crippen LogP contribution is -2.42. The number of carbonyl (C=O) groups excluding carboxylic acids is 2. The zero-order chi connectivity index (χ0) is 35.5. The maximum Gasteiger partial charge on any atom is 0.490 e. The Kier molecular flexibility index (Phi) is 18.4. The maximum absolute atomic E-state index is 12.5. The predicted molar refractivity (Wildman–Crippen MR) is 185 cm³/mol. The van der Waals surface area contributed by atoms with E-state index in [1.165, 1.54) is 0 Å². The Bertz CT molecular complexity index is 1160. The first-order valence-electron chi connectivity index (χ1n) is 15.6. The van der Waals surface area contributed by atoms with E-state index in [-0.39, 0.29) is 34.6 Å². The largest absolute Gasteiger partial charge is 0.490 e. The summed E-state index contributed by atoms with van der Waals surface area (Å²) in [6, 6.07) is 0.207. The molecular formula is C26H51N2O13P3S3. The van der Waals surface area contributed by atoms with Crippen molar-refractivity contribution >= 4 is 68.6 Å². The second kappa shape index (κ2) is 19.8. The molecule has 276 valence electrons. The van der Waals surface area contributed by atoms with Crippen LogP contribution >= 0.6 is 56.8 Å². The van der Waals surface area contributed by atoms with E-state index >= 15 is 0 Å². The summed E-state index contributed by atoms with van der Waals surface area (Å²) >= 11 is 1.93. The first kappa shape index (κ1) is 43.5. The fourth-order valence-electron chi connectivity index (χ4n) is 5.55. The Labute approximate surface area is 289 Å². The molecule has 0 radical (unpaired) electrons. The molecule has 2 aliphatic rings. The van der Waals surface area contributed by atoms with Crippen LogP contribution in [0, 0.1) is 11.8 Å². The third kappa shape index (κ3) is 17.9. The Balaban J connectivity index is 1.67. The summed E-state index contributed by atoms with van der Waals surface area (Å²) in [4.78, 5) is 60.6. The monoisotopic (exact) mass is 788 g/mol. The van der Waals surface area contributed by atoms with Crippen molar-refractivity contribution < 1.29 is 60.7 Å². The van der Waals surface area contributed by atoms with E-state index in [0.717, 1.165) is 37.9 Å². The minimum absolute atomic E-state index is 0.0145. The smallest absolute Gasteiger partial charge is 0.373 e. The number of ether oxygens (including phenoxy) is 1. The number of unbranched alkanes of at least 4 members (excludes halogenated alkanes) is 1. The van der Waals surface area contributed by atoms with E-state index in [0.29, 0.717) is 42.7 Å². The van der Waals surface area contributed by atoms with Crippen molar-refractivity contribution in [2.45, 2.75) is 114 Å². The van der Waals surface area contributed by atoms with E-state index in [9.17, 15) is 33.1 Å². The molecular weight excluding hydrogens is 737 g/mol. The van der Waals surface area contributed by atoms with E-state index < -0.39 is 36.2 Å². The summed E-state index contributed by atoms with van der Waals surface area (Å²) in [5, 5.41) is 6.59. The number of hydrogen-bond acceptors (Lipinski definition) is 12. The first-order valence-corrected chi connectivity index (χ1v) is 23.5. The molecule has 2 rings (SSSR count). The molecule has 8 atom stereocenters. The van der Waals surface area contributed by atoms with Crippen LogP contribution in [0.4, 0.5) is 0 Å². The van der Waals surface area contributed by atoms with Crippen LogP contribution in [0.15, 0.2) is 0 Å². The van der Waals surface area contributed by atoms with Gasteiger partial charge in [-0.25, -0.2) is 13.7 Å². The summed E-state index contributed by atoms with van der Waals surface area (Å²) in [5.41, 5.74) is 0. The predicted octanol–water partition coefficient (Wildman–Crippen LogP) is 5.39. The third-order valence-corrected chi connectivity index (χ3v) is 16.3. The van der Waals surface area contributed by atoms with Gasteiger partial charge in [-0.2, -0.15) is 20.4 Å². The number of phosphoric acid groups is 3. The topological polar surface area (TPSA) is 227 Å². The van der Waals surface area contributed by atoms with Crippen molar-refractivity contribution in [3.05, 3.63) is 0 Å². The lowest BCUT2D eigenvalue weighted by Gasteiger charge is -2.25. The number of carbonyl (C=O) groups is 2. The van der Waals surface area contributed by atoms with Crippen LogP contribution in [0.25, 0.3) is 0 Å². The van der Waals surface area contributed by atoms with E-state index in [1.54, 1.807) is 28.5 Å². The van der Waals surface area contributed by atoms with Gasteiger partial charge >= 0.3 is 23.5 Å². The highest BCUT2D eigenvalue weighted by atomic mass is 33.1. The number of rotatable bonds is 22. The summed E-state index contributed by atoms with van der Waals surface area (Å²) in [7, 11) is -13.0. The molecule has 2 saturated heterocycles. The molecule has 21 heteroatoms. The van der Waals surface area contributed by atoms with Crippen LogP contribution < -0.4 is 10.6 Å². The van der Waals surface area contributed by atoms with Gasteiger partial charge in [0.25, 0.3) is 0 Å². The first-order chi connectivity index (χ1) is 21.7. The Morgan fingerprint density at radius 3 is 2.36 bits per heavy atom. The number of phosphoric ester groups is 1. The van der Waals surface area contributed by atoms with Gasteiger partial charge in [-0.3, -0.25) is 14.1 Å². The molecule has 0 aliphatic carbocycles. The second-order valence-electron chi connectivity index (χ2n) is 12.5. The standard InChI is InChI=1S/C26H51N2O13P3S3/c1-6-9-21-16-45-23(25(21)28-19(3)29)10-7-8-11-24(30)27-17-26(4,5)47-46-13-12-20-14-18(2)39-22(20)15-38-43(34,35)41-44(36,37)40-42(31,32)33/h18,20-23,25H,6-17H2,1-5H3,(H,27,30)(H,28,29)(H,34,35)(H,36,37)(H2,31,32,33)/t18-,20+,21?,22?,23?,25?/m0/s1. The lowest BCUT2D eigenvalue weighted by molar-refractivity contribution is -0.121. The Morgan fingerprint density at radius 2 is 1.72 bits per heavy atom. The van der Waals surface area contributed by atoms with Crippen LogP contribution in [-0.4, -0.2) is 84.3 Å². The molecule has 2 heterocycles. The SMILES string of the molecule is CCCC1CSC(CCCCC(=O)NCC(C)(C)SSCC[C@@H]2C[C@H](C)OC2COP(=O)(O)OP(=O)(O)OP(=O)(O)O)C1NC(C)=O. The normalized spacial score (nSPS) is 27.7. The molecule has 0 spiro atoms. The van der Waals surface area contributed by atoms with Crippen LogP contribution in [0.2, 0.25) is 0 Å². The van der Waals surface area contributed by atoms with Crippen molar-refractivity contribution in [2.24, 2.45) is 11.8 Å². The van der Waals surface area contributed by atoms with Crippen LogP contribution in [0.1, 0.15) is 86.0 Å². The molecule has 0 aromatic rings. The number of nitrogens with one attached hydrogen (secondary N) is 2. The highest BCUT2D eigenvalue weighted by molar-refractivity contribution is 8.77. The van der Waals surface area contributed by atoms with Crippen molar-refractivity contribution in [1.82, 2.24) is 10.6 Å². The summed E-state index contributed by atoms with van der Waals surface area (Å²) < 4.78 is 52.2. The van der Waals surface area contributed by atoms with Crippen molar-refractivity contribution in [3.8, 4) is 0 Å². The van der Waals surface area contributed by atoms with Crippen LogP contribution in [0.3, 0.4) is 0 Å². The van der Waals surface area contributed by atoms with E-state index in [2.05, 4.69) is 26.2 Å². The molecule has 47 heavy (non-hydrogen) atoms. The van der Waals surface area contributed by atoms with Gasteiger partial charge in [-0.15, -0.1) is 0 Å². The zero-order valence-corrected chi connectivity index (χ0v) is 32.6. The van der Waals surface area contributed by atoms with Crippen LogP contribution in [0.5, 0.6) is 0 Å². The van der Waals surface area contributed by atoms with Crippen molar-refractivity contribution in [2.75, 3.05) is 24.7 Å². The van der Waals surface area contributed by atoms with Gasteiger partial charge in [-0.1, -0.05) is 41.4 Å².